The number of methoxy groups -OCH3 is 2. The van der Waals surface area contributed by atoms with Gasteiger partial charge in [0.15, 0.2) is 0 Å². The second-order valence-corrected chi connectivity index (χ2v) is 9.45. The molecule has 2 heterocycles. The molecular weight excluding hydrogens is 539 g/mol. The lowest BCUT2D eigenvalue weighted by Gasteiger charge is -2.13. The standard InChI is InChI=1S/C32H27FN4O5/c1-40-13-12-37-28-15-23(32(38)39)10-11-27(28)35-30(37)17-22-9-8-21(16-29(22)41-2)26-4-3-5-31(36-26)42-19-24-7-6-20(18-34)14-25(24)33/h3-11,14-16H,12-13,17,19H2,1-2H3,(H,38,39). The van der Waals surface area contributed by atoms with E-state index in [9.17, 15) is 14.3 Å². The van der Waals surface area contributed by atoms with Crippen molar-refractivity contribution in [2.24, 2.45) is 0 Å². The van der Waals surface area contributed by atoms with Gasteiger partial charge in [-0.2, -0.15) is 5.26 Å². The summed E-state index contributed by atoms with van der Waals surface area (Å²) in [5.74, 6) is 0.200. The lowest BCUT2D eigenvalue weighted by atomic mass is 10.0. The molecule has 10 heteroatoms. The van der Waals surface area contributed by atoms with Crippen LogP contribution in [-0.4, -0.2) is 46.4 Å². The van der Waals surface area contributed by atoms with Crippen molar-refractivity contribution < 1.29 is 28.5 Å². The van der Waals surface area contributed by atoms with Crippen LogP contribution >= 0.6 is 0 Å². The van der Waals surface area contributed by atoms with Crippen LogP contribution in [0.15, 0.2) is 72.8 Å². The zero-order chi connectivity index (χ0) is 29.6. The monoisotopic (exact) mass is 566 g/mol. The molecule has 0 bridgehead atoms. The van der Waals surface area contributed by atoms with Crippen molar-refractivity contribution in [3.8, 4) is 29.0 Å². The van der Waals surface area contributed by atoms with Crippen molar-refractivity contribution in [3.05, 3.63) is 107 Å². The number of hydrogen-bond acceptors (Lipinski definition) is 7. The third-order valence-electron chi connectivity index (χ3n) is 6.81. The van der Waals surface area contributed by atoms with Crippen molar-refractivity contribution in [2.45, 2.75) is 19.6 Å². The number of carbonyl (C=O) groups is 1. The van der Waals surface area contributed by atoms with Crippen molar-refractivity contribution in [1.29, 1.82) is 5.26 Å². The summed E-state index contributed by atoms with van der Waals surface area (Å²) in [4.78, 5) is 20.9. The molecule has 0 unspecified atom stereocenters. The Morgan fingerprint density at radius 2 is 1.86 bits per heavy atom. The summed E-state index contributed by atoms with van der Waals surface area (Å²) in [7, 11) is 3.21. The Balaban J connectivity index is 1.39. The minimum Gasteiger partial charge on any atom is -0.496 e. The fourth-order valence-corrected chi connectivity index (χ4v) is 4.63. The smallest absolute Gasteiger partial charge is 0.335 e. The molecule has 5 rings (SSSR count). The number of benzene rings is 3. The Morgan fingerprint density at radius 1 is 1.02 bits per heavy atom. The zero-order valence-corrected chi connectivity index (χ0v) is 23.0. The highest BCUT2D eigenvalue weighted by Crippen LogP contribution is 2.30. The van der Waals surface area contributed by atoms with Gasteiger partial charge in [0.25, 0.3) is 0 Å². The molecule has 1 N–H and O–H groups in total. The average Bonchev–Trinajstić information content (AvgIpc) is 3.35. The number of ether oxygens (including phenoxy) is 3. The van der Waals surface area contributed by atoms with Crippen LogP contribution in [0.3, 0.4) is 0 Å². The minimum absolute atomic E-state index is 0.0334. The number of nitrogens with zero attached hydrogens (tertiary/aromatic N) is 4. The molecule has 3 aromatic carbocycles. The Hall–Kier alpha value is -5.27. The molecule has 0 saturated heterocycles. The molecular formula is C32H27FN4O5. The van der Waals surface area contributed by atoms with E-state index in [1.165, 1.54) is 12.1 Å². The second kappa shape index (κ2) is 12.5. The number of aromatic carboxylic acids is 1. The number of fused-ring (bicyclic) bond motifs is 1. The summed E-state index contributed by atoms with van der Waals surface area (Å²) in [5.41, 5.74) is 4.50. The number of rotatable bonds is 11. The van der Waals surface area contributed by atoms with Gasteiger partial charge >= 0.3 is 5.97 Å². The number of carboxylic acid groups (broad SMARTS) is 1. The highest BCUT2D eigenvalue weighted by atomic mass is 19.1. The number of carboxylic acids is 1. The van der Waals surface area contributed by atoms with E-state index < -0.39 is 11.8 Å². The third kappa shape index (κ3) is 6.06. The number of halogens is 1. The molecule has 42 heavy (non-hydrogen) atoms. The topological polar surface area (TPSA) is 119 Å². The van der Waals surface area contributed by atoms with Crippen molar-refractivity contribution >= 4 is 17.0 Å². The first-order valence-corrected chi connectivity index (χ1v) is 13.1. The normalized spacial score (nSPS) is 10.9. The average molecular weight is 567 g/mol. The highest BCUT2D eigenvalue weighted by molar-refractivity contribution is 5.92. The third-order valence-corrected chi connectivity index (χ3v) is 6.81. The summed E-state index contributed by atoms with van der Waals surface area (Å²) in [5, 5.41) is 18.4. The fourth-order valence-electron chi connectivity index (χ4n) is 4.63. The van der Waals surface area contributed by atoms with Gasteiger partial charge in [0.05, 0.1) is 47.6 Å². The molecule has 5 aromatic rings. The molecule has 212 valence electrons. The summed E-state index contributed by atoms with van der Waals surface area (Å²) < 4.78 is 33.0. The van der Waals surface area contributed by atoms with Gasteiger partial charge in [0.2, 0.25) is 5.88 Å². The molecule has 0 fully saturated rings. The van der Waals surface area contributed by atoms with Gasteiger partial charge in [-0.05, 0) is 42.5 Å². The molecule has 2 aromatic heterocycles. The minimum atomic E-state index is -1.00. The van der Waals surface area contributed by atoms with E-state index in [1.54, 1.807) is 50.6 Å². The quantitative estimate of drug-likeness (QED) is 0.218. The maximum absolute atomic E-state index is 14.3. The molecule has 0 aliphatic heterocycles. The Morgan fingerprint density at radius 3 is 2.60 bits per heavy atom. The Kier molecular flexibility index (Phi) is 8.41. The first-order valence-electron chi connectivity index (χ1n) is 13.1. The van der Waals surface area contributed by atoms with Crippen LogP contribution in [-0.2, 0) is 24.3 Å². The maximum Gasteiger partial charge on any atom is 0.335 e. The zero-order valence-electron chi connectivity index (χ0n) is 23.0. The lowest BCUT2D eigenvalue weighted by Crippen LogP contribution is -2.09. The van der Waals surface area contributed by atoms with E-state index in [-0.39, 0.29) is 17.7 Å². The molecule has 0 saturated carbocycles. The van der Waals surface area contributed by atoms with Crippen LogP contribution in [0.1, 0.15) is 32.9 Å². The summed E-state index contributed by atoms with van der Waals surface area (Å²) >= 11 is 0. The number of nitriles is 1. The molecule has 0 radical (unpaired) electrons. The van der Waals surface area contributed by atoms with Gasteiger partial charge in [-0.3, -0.25) is 0 Å². The van der Waals surface area contributed by atoms with Crippen LogP contribution in [0, 0.1) is 17.1 Å². The number of pyridine rings is 1. The van der Waals surface area contributed by atoms with Gasteiger partial charge in [0.1, 0.15) is 24.0 Å². The van der Waals surface area contributed by atoms with E-state index >= 15 is 0 Å². The largest absolute Gasteiger partial charge is 0.496 e. The maximum atomic E-state index is 14.3. The van der Waals surface area contributed by atoms with Crippen molar-refractivity contribution in [3.63, 3.8) is 0 Å². The van der Waals surface area contributed by atoms with Crippen LogP contribution in [0.2, 0.25) is 0 Å². The van der Waals surface area contributed by atoms with Gasteiger partial charge < -0.3 is 23.9 Å². The van der Waals surface area contributed by atoms with E-state index in [0.29, 0.717) is 48.0 Å². The number of aromatic nitrogens is 3. The first kappa shape index (κ1) is 28.3. The van der Waals surface area contributed by atoms with E-state index in [0.717, 1.165) is 22.5 Å². The first-order chi connectivity index (χ1) is 20.4. The van der Waals surface area contributed by atoms with E-state index in [4.69, 9.17) is 24.5 Å². The number of imidazole rings is 1. The van der Waals surface area contributed by atoms with Crippen LogP contribution in [0.5, 0.6) is 11.6 Å². The van der Waals surface area contributed by atoms with Crippen molar-refractivity contribution in [1.82, 2.24) is 14.5 Å². The molecule has 0 aliphatic rings. The van der Waals surface area contributed by atoms with Gasteiger partial charge in [0, 0.05) is 42.8 Å². The van der Waals surface area contributed by atoms with Gasteiger partial charge in [-0.1, -0.05) is 24.3 Å². The summed E-state index contributed by atoms with van der Waals surface area (Å²) in [6, 6.07) is 22.1. The summed E-state index contributed by atoms with van der Waals surface area (Å²) in [6.07, 6.45) is 0.441. The SMILES string of the molecule is COCCn1c(Cc2ccc(-c3cccc(OCc4ccc(C#N)cc4F)n3)cc2OC)nc2ccc(C(=O)O)cc21. The van der Waals surface area contributed by atoms with E-state index in [1.807, 2.05) is 34.9 Å². The van der Waals surface area contributed by atoms with E-state index in [2.05, 4.69) is 4.98 Å². The van der Waals surface area contributed by atoms with Gasteiger partial charge in [-0.25, -0.2) is 19.2 Å². The van der Waals surface area contributed by atoms with Crippen LogP contribution in [0.4, 0.5) is 4.39 Å². The molecule has 0 atom stereocenters. The Labute approximate surface area is 241 Å². The number of hydrogen-bond donors (Lipinski definition) is 1. The molecule has 0 amide bonds. The Bertz CT molecular complexity index is 1810. The highest BCUT2D eigenvalue weighted by Gasteiger charge is 2.17. The predicted molar refractivity (Wildman–Crippen MR) is 153 cm³/mol. The van der Waals surface area contributed by atoms with Crippen LogP contribution < -0.4 is 9.47 Å². The van der Waals surface area contributed by atoms with Crippen molar-refractivity contribution in [2.75, 3.05) is 20.8 Å². The molecule has 0 spiro atoms. The molecule has 0 aliphatic carbocycles. The lowest BCUT2D eigenvalue weighted by molar-refractivity contribution is 0.0697. The summed E-state index contributed by atoms with van der Waals surface area (Å²) in [6.45, 7) is 0.914. The van der Waals surface area contributed by atoms with Gasteiger partial charge in [-0.15, -0.1) is 0 Å². The second-order valence-electron chi connectivity index (χ2n) is 9.45. The fraction of sp³-hybridized carbons (Fsp3) is 0.188. The molecule has 9 nitrogen and oxygen atoms in total. The van der Waals surface area contributed by atoms with Crippen LogP contribution in [0.25, 0.3) is 22.3 Å². The predicted octanol–water partition coefficient (Wildman–Crippen LogP) is 5.63.